The van der Waals surface area contributed by atoms with Gasteiger partial charge in [-0.2, -0.15) is 0 Å². The first-order chi connectivity index (χ1) is 2.91. The van der Waals surface area contributed by atoms with Crippen LogP contribution in [0.1, 0.15) is 6.92 Å². The largest absolute Gasteiger partial charge is 0.0930 e. The lowest BCUT2D eigenvalue weighted by atomic mass is 10.8. The molecule has 0 aromatic heterocycles. The van der Waals surface area contributed by atoms with Gasteiger partial charge in [-0.25, -0.2) is 0 Å². The summed E-state index contributed by atoms with van der Waals surface area (Å²) < 4.78 is 0. The van der Waals surface area contributed by atoms with Gasteiger partial charge in [0.05, 0.1) is 0 Å². The standard InChI is InChI=1S/C4H8S2/c1-3-4-6-5-2/h3-4H,1-2H3/b4-3+. The summed E-state index contributed by atoms with van der Waals surface area (Å²) in [6, 6.07) is 0. The van der Waals surface area contributed by atoms with E-state index < -0.39 is 0 Å². The normalized spacial score (nSPS) is 10.3. The number of hydrogen-bond donors (Lipinski definition) is 0. The van der Waals surface area contributed by atoms with Crippen LogP contribution in [0.25, 0.3) is 0 Å². The highest BCUT2D eigenvalue weighted by molar-refractivity contribution is 8.77. The Morgan fingerprint density at radius 2 is 2.17 bits per heavy atom. The number of allylic oxidation sites excluding steroid dienone is 1. The van der Waals surface area contributed by atoms with Crippen LogP contribution in [-0.4, -0.2) is 6.26 Å². The third-order valence-electron chi connectivity index (χ3n) is 0.288. The lowest BCUT2D eigenvalue weighted by Gasteiger charge is -1.76. The molecule has 0 fully saturated rings. The molecule has 0 aromatic carbocycles. The molecular formula is C4H8S2. The van der Waals surface area contributed by atoms with E-state index >= 15 is 0 Å². The zero-order chi connectivity index (χ0) is 4.83. The highest BCUT2D eigenvalue weighted by atomic mass is 33.1. The molecule has 0 nitrogen and oxygen atoms in total. The van der Waals surface area contributed by atoms with E-state index in [2.05, 4.69) is 11.7 Å². The zero-order valence-corrected chi connectivity index (χ0v) is 5.60. The minimum absolute atomic E-state index is 1.74. The van der Waals surface area contributed by atoms with Crippen LogP contribution in [0.3, 0.4) is 0 Å². The molecule has 0 saturated heterocycles. The Bertz CT molecular complexity index is 40.8. The quantitative estimate of drug-likeness (QED) is 0.514. The lowest BCUT2D eigenvalue weighted by molar-refractivity contribution is 1.79. The summed E-state index contributed by atoms with van der Waals surface area (Å²) in [6.45, 7) is 2.02. The number of hydrogen-bond acceptors (Lipinski definition) is 2. The monoisotopic (exact) mass is 120 g/mol. The summed E-state index contributed by atoms with van der Waals surface area (Å²) in [6.07, 6.45) is 4.09. The van der Waals surface area contributed by atoms with E-state index in [9.17, 15) is 0 Å². The van der Waals surface area contributed by atoms with Crippen molar-refractivity contribution >= 4 is 21.6 Å². The van der Waals surface area contributed by atoms with Gasteiger partial charge < -0.3 is 0 Å². The Labute approximate surface area is 46.8 Å². The van der Waals surface area contributed by atoms with Crippen LogP contribution in [-0.2, 0) is 0 Å². The number of rotatable bonds is 2. The van der Waals surface area contributed by atoms with Gasteiger partial charge in [0.15, 0.2) is 0 Å². The van der Waals surface area contributed by atoms with Crippen molar-refractivity contribution in [3.63, 3.8) is 0 Å². The van der Waals surface area contributed by atoms with Gasteiger partial charge in [-0.15, -0.1) is 0 Å². The molecule has 0 N–H and O–H groups in total. The van der Waals surface area contributed by atoms with E-state index in [1.54, 1.807) is 21.6 Å². The molecule has 0 amide bonds. The Morgan fingerprint density at radius 1 is 1.50 bits per heavy atom. The van der Waals surface area contributed by atoms with E-state index in [0.29, 0.717) is 0 Å². The van der Waals surface area contributed by atoms with Crippen molar-refractivity contribution in [3.8, 4) is 0 Å². The second-order valence-electron chi connectivity index (χ2n) is 0.732. The van der Waals surface area contributed by atoms with Crippen LogP contribution in [0, 0.1) is 0 Å². The molecule has 36 valence electrons. The molecule has 6 heavy (non-hydrogen) atoms. The van der Waals surface area contributed by atoms with E-state index in [0.717, 1.165) is 0 Å². The Hall–Kier alpha value is 0.440. The van der Waals surface area contributed by atoms with Crippen LogP contribution in [0.2, 0.25) is 0 Å². The average molecular weight is 120 g/mol. The maximum absolute atomic E-state index is 2.06. The van der Waals surface area contributed by atoms with Gasteiger partial charge in [-0.05, 0) is 18.6 Å². The SMILES string of the molecule is C/C=C/SSC. The molecule has 0 unspecified atom stereocenters. The fourth-order valence-electron chi connectivity index (χ4n) is 0.111. The molecule has 0 bridgehead atoms. The Balaban J connectivity index is 2.66. The predicted molar refractivity (Wildman–Crippen MR) is 35.9 cm³/mol. The van der Waals surface area contributed by atoms with Gasteiger partial charge >= 0.3 is 0 Å². The summed E-state index contributed by atoms with van der Waals surface area (Å²) in [5, 5.41) is 2.06. The van der Waals surface area contributed by atoms with Crippen molar-refractivity contribution in [1.29, 1.82) is 0 Å². The van der Waals surface area contributed by atoms with Gasteiger partial charge in [-0.1, -0.05) is 27.7 Å². The van der Waals surface area contributed by atoms with Crippen LogP contribution in [0.5, 0.6) is 0 Å². The molecule has 0 radical (unpaired) electrons. The smallest absolute Gasteiger partial charge is 0.00759 e. The average Bonchev–Trinajstić information content (AvgIpc) is 1.61. The van der Waals surface area contributed by atoms with E-state index in [-0.39, 0.29) is 0 Å². The maximum atomic E-state index is 2.06. The van der Waals surface area contributed by atoms with Crippen LogP contribution in [0.15, 0.2) is 11.5 Å². The second kappa shape index (κ2) is 5.44. The molecule has 0 aliphatic rings. The summed E-state index contributed by atoms with van der Waals surface area (Å²) in [7, 11) is 3.50. The predicted octanol–water partition coefficient (Wildman–Crippen LogP) is 2.53. The van der Waals surface area contributed by atoms with Crippen LogP contribution < -0.4 is 0 Å². The molecule has 0 saturated carbocycles. The Kier molecular flexibility index (Phi) is 5.84. The molecule has 0 aliphatic carbocycles. The third kappa shape index (κ3) is 4.44. The van der Waals surface area contributed by atoms with E-state index in [1.807, 2.05) is 13.0 Å². The van der Waals surface area contributed by atoms with E-state index in [1.165, 1.54) is 0 Å². The summed E-state index contributed by atoms with van der Waals surface area (Å²) in [4.78, 5) is 0. The first-order valence-corrected chi connectivity index (χ1v) is 4.34. The van der Waals surface area contributed by atoms with Crippen molar-refractivity contribution in [2.45, 2.75) is 6.92 Å². The molecule has 0 aromatic rings. The van der Waals surface area contributed by atoms with Crippen molar-refractivity contribution in [3.05, 3.63) is 11.5 Å². The zero-order valence-electron chi connectivity index (χ0n) is 3.97. The van der Waals surface area contributed by atoms with Crippen molar-refractivity contribution in [1.82, 2.24) is 0 Å². The molecule has 0 rings (SSSR count). The lowest BCUT2D eigenvalue weighted by Crippen LogP contribution is -1.35. The van der Waals surface area contributed by atoms with Crippen LogP contribution >= 0.6 is 21.6 Å². The van der Waals surface area contributed by atoms with Gasteiger partial charge in [0.25, 0.3) is 0 Å². The minimum atomic E-state index is 1.74. The van der Waals surface area contributed by atoms with E-state index in [4.69, 9.17) is 0 Å². The van der Waals surface area contributed by atoms with Crippen molar-refractivity contribution in [2.24, 2.45) is 0 Å². The van der Waals surface area contributed by atoms with Crippen molar-refractivity contribution < 1.29 is 0 Å². The summed E-state index contributed by atoms with van der Waals surface area (Å²) in [5.74, 6) is 0. The fraction of sp³-hybridized carbons (Fsp3) is 0.500. The molecule has 2 heteroatoms. The van der Waals surface area contributed by atoms with Crippen LogP contribution in [0.4, 0.5) is 0 Å². The topological polar surface area (TPSA) is 0 Å². The summed E-state index contributed by atoms with van der Waals surface area (Å²) >= 11 is 0. The van der Waals surface area contributed by atoms with Gasteiger partial charge in [-0.3, -0.25) is 0 Å². The highest BCUT2D eigenvalue weighted by Gasteiger charge is 1.64. The van der Waals surface area contributed by atoms with Gasteiger partial charge in [0, 0.05) is 0 Å². The first kappa shape index (κ1) is 6.44. The third-order valence-corrected chi connectivity index (χ3v) is 1.77. The molecular weight excluding hydrogens is 112 g/mol. The summed E-state index contributed by atoms with van der Waals surface area (Å²) in [5.41, 5.74) is 0. The molecule has 0 aliphatic heterocycles. The molecule has 0 spiro atoms. The maximum Gasteiger partial charge on any atom is -0.00759 e. The second-order valence-corrected chi connectivity index (χ2v) is 3.11. The van der Waals surface area contributed by atoms with Gasteiger partial charge in [0.2, 0.25) is 0 Å². The molecule has 0 atom stereocenters. The Morgan fingerprint density at radius 3 is 2.33 bits per heavy atom. The first-order valence-electron chi connectivity index (χ1n) is 1.72. The van der Waals surface area contributed by atoms with Crippen molar-refractivity contribution in [2.75, 3.05) is 6.26 Å². The fourth-order valence-corrected chi connectivity index (χ4v) is 1.00. The highest BCUT2D eigenvalue weighted by Crippen LogP contribution is 2.16. The molecule has 0 heterocycles. The minimum Gasteiger partial charge on any atom is -0.0930 e. The van der Waals surface area contributed by atoms with Gasteiger partial charge in [0.1, 0.15) is 0 Å².